The number of para-hydroxylation sites is 1. The van der Waals surface area contributed by atoms with Gasteiger partial charge in [0.05, 0.1) is 0 Å². The molecule has 0 radical (unpaired) electrons. The molecule has 0 spiro atoms. The van der Waals surface area contributed by atoms with Gasteiger partial charge in [-0.15, -0.1) is 17.0 Å². The summed E-state index contributed by atoms with van der Waals surface area (Å²) < 4.78 is 1.05. The van der Waals surface area contributed by atoms with Gasteiger partial charge in [-0.05, 0) is 35.4 Å². The SMILES string of the molecule is Br.N.Nc1ccc(Br)cc1-c1ccccc1.Nc1ccccc1-c1ccccc1. The Morgan fingerprint density at radius 3 is 1.52 bits per heavy atom. The maximum atomic E-state index is 5.90. The third kappa shape index (κ3) is 6.75. The first-order chi connectivity index (χ1) is 13.1. The van der Waals surface area contributed by atoms with Gasteiger partial charge in [0, 0.05) is 27.0 Å². The molecule has 0 aromatic heterocycles. The van der Waals surface area contributed by atoms with Gasteiger partial charge in [0.25, 0.3) is 0 Å². The molecule has 0 aliphatic heterocycles. The Balaban J connectivity index is 0.000000272. The molecule has 0 fully saturated rings. The number of halogens is 2. The van der Waals surface area contributed by atoms with E-state index in [1.807, 2.05) is 78.9 Å². The molecule has 0 atom stereocenters. The third-order valence-corrected chi connectivity index (χ3v) is 4.64. The Bertz CT molecular complexity index is 1010. The van der Waals surface area contributed by atoms with Crippen molar-refractivity contribution in [2.75, 3.05) is 11.5 Å². The molecule has 0 aliphatic carbocycles. The van der Waals surface area contributed by atoms with E-state index in [9.17, 15) is 0 Å². The van der Waals surface area contributed by atoms with Gasteiger partial charge in [0.1, 0.15) is 0 Å². The highest BCUT2D eigenvalue weighted by Gasteiger charge is 2.01. The Morgan fingerprint density at radius 2 is 0.966 bits per heavy atom. The van der Waals surface area contributed by atoms with E-state index < -0.39 is 0 Å². The van der Waals surface area contributed by atoms with Gasteiger partial charge in [-0.25, -0.2) is 0 Å². The molecule has 5 heteroatoms. The minimum absolute atomic E-state index is 0. The molecule has 0 saturated carbocycles. The van der Waals surface area contributed by atoms with Crippen LogP contribution in [-0.2, 0) is 0 Å². The summed E-state index contributed by atoms with van der Waals surface area (Å²) in [7, 11) is 0. The first-order valence-electron chi connectivity index (χ1n) is 8.65. The lowest BCUT2D eigenvalue weighted by Gasteiger charge is -2.05. The number of benzene rings is 4. The van der Waals surface area contributed by atoms with Gasteiger partial charge in [0.15, 0.2) is 0 Å². The van der Waals surface area contributed by atoms with E-state index in [1.54, 1.807) is 0 Å². The third-order valence-electron chi connectivity index (χ3n) is 4.15. The molecule has 0 aliphatic rings. The molecule has 150 valence electrons. The first kappa shape index (κ1) is 24.4. The molecular formula is C24H25Br2N3. The van der Waals surface area contributed by atoms with Crippen LogP contribution >= 0.6 is 32.9 Å². The maximum absolute atomic E-state index is 5.90. The monoisotopic (exact) mass is 513 g/mol. The summed E-state index contributed by atoms with van der Waals surface area (Å²) in [6, 6.07) is 34.1. The van der Waals surface area contributed by atoms with E-state index in [1.165, 1.54) is 5.56 Å². The van der Waals surface area contributed by atoms with E-state index in [0.29, 0.717) is 0 Å². The van der Waals surface area contributed by atoms with Crippen molar-refractivity contribution in [3.63, 3.8) is 0 Å². The van der Waals surface area contributed by atoms with Crippen LogP contribution in [0.15, 0.2) is 108 Å². The lowest BCUT2D eigenvalue weighted by molar-refractivity contribution is 1.58. The van der Waals surface area contributed by atoms with Crippen molar-refractivity contribution in [3.05, 3.63) is 108 Å². The molecule has 3 nitrogen and oxygen atoms in total. The standard InChI is InChI=1S/C12H10BrN.C12H11N.BrH.H3N/c13-10-6-7-12(14)11(8-10)9-4-2-1-3-5-9;13-12-9-5-4-8-11(12)10-6-2-1-3-7-10;;/h1-8H,14H2;1-9H,13H2;1H;1H3. The largest absolute Gasteiger partial charge is 0.398 e. The van der Waals surface area contributed by atoms with Gasteiger partial charge >= 0.3 is 0 Å². The van der Waals surface area contributed by atoms with Crippen LogP contribution in [-0.4, -0.2) is 0 Å². The molecule has 0 saturated heterocycles. The summed E-state index contributed by atoms with van der Waals surface area (Å²) in [6.07, 6.45) is 0. The fraction of sp³-hybridized carbons (Fsp3) is 0. The van der Waals surface area contributed by atoms with Gasteiger partial charge in [-0.1, -0.05) is 94.8 Å². The topological polar surface area (TPSA) is 87.0 Å². The summed E-state index contributed by atoms with van der Waals surface area (Å²) in [4.78, 5) is 0. The van der Waals surface area contributed by atoms with E-state index in [0.717, 1.165) is 32.5 Å². The van der Waals surface area contributed by atoms with Crippen molar-refractivity contribution in [1.29, 1.82) is 0 Å². The number of rotatable bonds is 2. The zero-order valence-electron chi connectivity index (χ0n) is 16.0. The predicted molar refractivity (Wildman–Crippen MR) is 136 cm³/mol. The van der Waals surface area contributed by atoms with Crippen LogP contribution in [0.3, 0.4) is 0 Å². The molecule has 4 rings (SSSR count). The van der Waals surface area contributed by atoms with Crippen LogP contribution in [0.4, 0.5) is 11.4 Å². The van der Waals surface area contributed by atoms with Crippen molar-refractivity contribution in [2.24, 2.45) is 0 Å². The molecule has 29 heavy (non-hydrogen) atoms. The highest BCUT2D eigenvalue weighted by atomic mass is 79.9. The van der Waals surface area contributed by atoms with E-state index >= 15 is 0 Å². The van der Waals surface area contributed by atoms with Crippen LogP contribution in [0.2, 0.25) is 0 Å². The normalized spacial score (nSPS) is 9.28. The lowest BCUT2D eigenvalue weighted by atomic mass is 10.0. The number of hydrogen-bond acceptors (Lipinski definition) is 3. The number of hydrogen-bond donors (Lipinski definition) is 3. The summed E-state index contributed by atoms with van der Waals surface area (Å²) in [6.45, 7) is 0. The smallest absolute Gasteiger partial charge is 0.0394 e. The molecule has 4 aromatic carbocycles. The Labute approximate surface area is 191 Å². The van der Waals surface area contributed by atoms with Crippen LogP contribution in [0.1, 0.15) is 0 Å². The fourth-order valence-electron chi connectivity index (χ4n) is 2.77. The molecule has 0 amide bonds. The Kier molecular flexibility index (Phi) is 10.2. The molecule has 4 aromatic rings. The molecular weight excluding hydrogens is 490 g/mol. The number of nitrogen functional groups attached to an aromatic ring is 2. The predicted octanol–water partition coefficient (Wildman–Crippen LogP) is 7.37. The number of nitrogens with two attached hydrogens (primary N) is 2. The Hall–Kier alpha value is -2.60. The zero-order valence-corrected chi connectivity index (χ0v) is 19.3. The average molecular weight is 515 g/mol. The van der Waals surface area contributed by atoms with Crippen molar-refractivity contribution in [1.82, 2.24) is 6.15 Å². The summed E-state index contributed by atoms with van der Waals surface area (Å²) >= 11 is 3.44. The first-order valence-corrected chi connectivity index (χ1v) is 9.45. The second kappa shape index (κ2) is 12.1. The van der Waals surface area contributed by atoms with E-state index in [-0.39, 0.29) is 23.1 Å². The van der Waals surface area contributed by atoms with Crippen molar-refractivity contribution in [2.45, 2.75) is 0 Å². The molecule has 0 unspecified atom stereocenters. The summed E-state index contributed by atoms with van der Waals surface area (Å²) in [5, 5.41) is 0. The fourth-order valence-corrected chi connectivity index (χ4v) is 3.13. The summed E-state index contributed by atoms with van der Waals surface area (Å²) in [5.41, 5.74) is 17.9. The van der Waals surface area contributed by atoms with E-state index in [2.05, 4.69) is 40.2 Å². The molecule has 7 N–H and O–H groups in total. The minimum atomic E-state index is 0. The minimum Gasteiger partial charge on any atom is -0.398 e. The van der Waals surface area contributed by atoms with Crippen LogP contribution in [0.25, 0.3) is 22.3 Å². The van der Waals surface area contributed by atoms with Crippen LogP contribution in [0.5, 0.6) is 0 Å². The van der Waals surface area contributed by atoms with Gasteiger partial charge in [-0.3, -0.25) is 0 Å². The van der Waals surface area contributed by atoms with Crippen LogP contribution in [0, 0.1) is 0 Å². The van der Waals surface area contributed by atoms with E-state index in [4.69, 9.17) is 11.5 Å². The van der Waals surface area contributed by atoms with Crippen molar-refractivity contribution >= 4 is 44.3 Å². The molecule has 0 bridgehead atoms. The highest BCUT2D eigenvalue weighted by molar-refractivity contribution is 9.10. The van der Waals surface area contributed by atoms with Crippen molar-refractivity contribution in [3.8, 4) is 22.3 Å². The Morgan fingerprint density at radius 1 is 0.517 bits per heavy atom. The quantitative estimate of drug-likeness (QED) is 0.244. The van der Waals surface area contributed by atoms with Gasteiger partial charge in [0.2, 0.25) is 0 Å². The summed E-state index contributed by atoms with van der Waals surface area (Å²) in [5.74, 6) is 0. The van der Waals surface area contributed by atoms with Gasteiger partial charge in [-0.2, -0.15) is 0 Å². The van der Waals surface area contributed by atoms with Gasteiger partial charge < -0.3 is 17.6 Å². The van der Waals surface area contributed by atoms with Crippen LogP contribution < -0.4 is 17.6 Å². The van der Waals surface area contributed by atoms with Crippen molar-refractivity contribution < 1.29 is 0 Å². The molecule has 0 heterocycles. The second-order valence-electron chi connectivity index (χ2n) is 6.05. The lowest BCUT2D eigenvalue weighted by Crippen LogP contribution is -1.89. The highest BCUT2D eigenvalue weighted by Crippen LogP contribution is 2.28. The second-order valence-corrected chi connectivity index (χ2v) is 6.97. The maximum Gasteiger partial charge on any atom is 0.0394 e. The number of anilines is 2. The average Bonchev–Trinajstić information content (AvgIpc) is 2.72. The zero-order chi connectivity index (χ0) is 19.1.